The van der Waals surface area contributed by atoms with Gasteiger partial charge in [0.1, 0.15) is 5.82 Å². The summed E-state index contributed by atoms with van der Waals surface area (Å²) in [5, 5.41) is 7.62. The van der Waals surface area contributed by atoms with Gasteiger partial charge in [-0.15, -0.1) is 0 Å². The molecule has 28 heavy (non-hydrogen) atoms. The molecule has 0 bridgehead atoms. The highest BCUT2D eigenvalue weighted by atomic mass is 19.1. The van der Waals surface area contributed by atoms with E-state index in [1.165, 1.54) is 12.1 Å². The van der Waals surface area contributed by atoms with Crippen molar-refractivity contribution in [1.82, 2.24) is 25.1 Å². The van der Waals surface area contributed by atoms with Crippen LogP contribution < -0.4 is 9.80 Å². The van der Waals surface area contributed by atoms with E-state index >= 15 is 0 Å². The first-order valence-corrected chi connectivity index (χ1v) is 9.32. The van der Waals surface area contributed by atoms with Crippen molar-refractivity contribution in [2.75, 3.05) is 62.4 Å². The molecular formula is C18H20FN7O2. The molecule has 5 rings (SSSR count). The monoisotopic (exact) mass is 385 g/mol. The summed E-state index contributed by atoms with van der Waals surface area (Å²) in [6.45, 7) is 5.32. The molecule has 3 aromatic rings. The first-order chi connectivity index (χ1) is 13.8. The number of anilines is 2. The van der Waals surface area contributed by atoms with Gasteiger partial charge in [0.15, 0.2) is 5.82 Å². The van der Waals surface area contributed by atoms with Crippen molar-refractivity contribution < 1.29 is 13.9 Å². The summed E-state index contributed by atoms with van der Waals surface area (Å²) in [6, 6.07) is 2.86. The smallest absolute Gasteiger partial charge is 0.230 e. The number of aromatic nitrogens is 5. The molecule has 2 aromatic heterocycles. The standard InChI is InChI=1S/C18H20FN7O2/c19-12-9-13(14-11-20-24-15(14)10-12)16-21-17(25-1-5-27-6-2-25)23-18(22-16)26-3-7-28-8-4-26/h9-11H,1-8H2,(H,20,24). The van der Waals surface area contributed by atoms with Crippen molar-refractivity contribution in [3.8, 4) is 11.4 Å². The Balaban J connectivity index is 1.64. The second-order valence-corrected chi connectivity index (χ2v) is 6.74. The SMILES string of the molecule is Fc1cc(-c2nc(N3CCOCC3)nc(N3CCOCC3)n2)c2cn[nH]c2c1. The minimum Gasteiger partial charge on any atom is -0.378 e. The minimum atomic E-state index is -0.368. The molecule has 2 aliphatic rings. The zero-order chi connectivity index (χ0) is 18.9. The molecule has 1 N–H and O–H groups in total. The van der Waals surface area contributed by atoms with Crippen LogP contribution in [0.25, 0.3) is 22.3 Å². The van der Waals surface area contributed by atoms with Crippen LogP contribution in [0.1, 0.15) is 0 Å². The molecule has 0 amide bonds. The van der Waals surface area contributed by atoms with Crippen LogP contribution in [-0.2, 0) is 9.47 Å². The summed E-state index contributed by atoms with van der Waals surface area (Å²) in [6.07, 6.45) is 1.66. The Hall–Kier alpha value is -2.85. The lowest BCUT2D eigenvalue weighted by molar-refractivity contribution is 0.121. The van der Waals surface area contributed by atoms with Crippen LogP contribution >= 0.6 is 0 Å². The van der Waals surface area contributed by atoms with E-state index in [9.17, 15) is 4.39 Å². The molecule has 146 valence electrons. The van der Waals surface area contributed by atoms with E-state index in [4.69, 9.17) is 14.5 Å². The zero-order valence-electron chi connectivity index (χ0n) is 15.3. The topological polar surface area (TPSA) is 92.3 Å². The third-order valence-corrected chi connectivity index (χ3v) is 4.96. The van der Waals surface area contributed by atoms with Gasteiger partial charge in [-0.25, -0.2) is 4.39 Å². The summed E-state index contributed by atoms with van der Waals surface area (Å²) < 4.78 is 25.1. The van der Waals surface area contributed by atoms with Gasteiger partial charge in [-0.05, 0) is 12.1 Å². The average molecular weight is 385 g/mol. The molecule has 10 heteroatoms. The Bertz CT molecular complexity index is 947. The van der Waals surface area contributed by atoms with Crippen LogP contribution in [0.4, 0.5) is 16.3 Å². The normalized spacial score (nSPS) is 18.0. The van der Waals surface area contributed by atoms with E-state index in [-0.39, 0.29) is 5.82 Å². The molecule has 9 nitrogen and oxygen atoms in total. The van der Waals surface area contributed by atoms with Gasteiger partial charge in [-0.1, -0.05) is 0 Å². The predicted molar refractivity (Wildman–Crippen MR) is 101 cm³/mol. The highest BCUT2D eigenvalue weighted by molar-refractivity contribution is 5.92. The first kappa shape index (κ1) is 17.3. The molecule has 0 aliphatic carbocycles. The van der Waals surface area contributed by atoms with Crippen molar-refractivity contribution in [3.63, 3.8) is 0 Å². The Morgan fingerprint density at radius 3 is 2.07 bits per heavy atom. The minimum absolute atomic E-state index is 0.368. The molecule has 0 atom stereocenters. The number of fused-ring (bicyclic) bond motifs is 1. The number of rotatable bonds is 3. The molecule has 0 radical (unpaired) electrons. The third-order valence-electron chi connectivity index (χ3n) is 4.96. The number of halogens is 1. The van der Waals surface area contributed by atoms with E-state index in [1.54, 1.807) is 6.20 Å². The van der Waals surface area contributed by atoms with Crippen LogP contribution in [-0.4, -0.2) is 77.8 Å². The largest absolute Gasteiger partial charge is 0.378 e. The van der Waals surface area contributed by atoms with Gasteiger partial charge in [-0.2, -0.15) is 20.1 Å². The van der Waals surface area contributed by atoms with Crippen LogP contribution in [0.3, 0.4) is 0 Å². The number of nitrogens with one attached hydrogen (secondary N) is 1. The van der Waals surface area contributed by atoms with E-state index in [0.29, 0.717) is 81.4 Å². The fourth-order valence-electron chi connectivity index (χ4n) is 3.48. The lowest BCUT2D eigenvalue weighted by atomic mass is 10.1. The lowest BCUT2D eigenvalue weighted by Crippen LogP contribution is -2.40. The number of H-pyrrole nitrogens is 1. The average Bonchev–Trinajstić information content (AvgIpc) is 3.22. The van der Waals surface area contributed by atoms with E-state index < -0.39 is 0 Å². The van der Waals surface area contributed by atoms with Gasteiger partial charge in [0.25, 0.3) is 0 Å². The number of aromatic amines is 1. The summed E-state index contributed by atoms with van der Waals surface area (Å²) in [5.74, 6) is 1.23. The fraction of sp³-hybridized carbons (Fsp3) is 0.444. The number of hydrogen-bond donors (Lipinski definition) is 1. The van der Waals surface area contributed by atoms with Crippen LogP contribution in [0.15, 0.2) is 18.3 Å². The second kappa shape index (κ2) is 7.28. The van der Waals surface area contributed by atoms with E-state index in [1.807, 2.05) is 0 Å². The maximum Gasteiger partial charge on any atom is 0.230 e. The first-order valence-electron chi connectivity index (χ1n) is 9.32. The van der Waals surface area contributed by atoms with E-state index in [2.05, 4.69) is 30.0 Å². The quantitative estimate of drug-likeness (QED) is 0.720. The molecule has 1 aromatic carbocycles. The Morgan fingerprint density at radius 2 is 1.46 bits per heavy atom. The van der Waals surface area contributed by atoms with Gasteiger partial charge >= 0.3 is 0 Å². The highest BCUT2D eigenvalue weighted by Gasteiger charge is 2.22. The number of morpholine rings is 2. The number of benzene rings is 1. The maximum atomic E-state index is 14.2. The highest BCUT2D eigenvalue weighted by Crippen LogP contribution is 2.29. The number of ether oxygens (including phenoxy) is 2. The molecule has 2 saturated heterocycles. The molecule has 0 spiro atoms. The van der Waals surface area contributed by atoms with Crippen molar-refractivity contribution in [2.24, 2.45) is 0 Å². The Labute approximate surface area is 160 Å². The van der Waals surface area contributed by atoms with Crippen LogP contribution in [0.2, 0.25) is 0 Å². The molecule has 4 heterocycles. The maximum absolute atomic E-state index is 14.2. The Kier molecular flexibility index (Phi) is 4.49. The zero-order valence-corrected chi connectivity index (χ0v) is 15.3. The molecule has 0 saturated carbocycles. The predicted octanol–water partition coefficient (Wildman–Crippen LogP) is 1.23. The summed E-state index contributed by atoms with van der Waals surface area (Å²) in [5.41, 5.74) is 1.20. The summed E-state index contributed by atoms with van der Waals surface area (Å²) in [4.78, 5) is 18.2. The molecule has 2 fully saturated rings. The summed E-state index contributed by atoms with van der Waals surface area (Å²) in [7, 11) is 0. The van der Waals surface area contributed by atoms with Crippen molar-refractivity contribution in [1.29, 1.82) is 0 Å². The Morgan fingerprint density at radius 1 is 0.857 bits per heavy atom. The van der Waals surface area contributed by atoms with Gasteiger partial charge in [0.05, 0.1) is 38.1 Å². The van der Waals surface area contributed by atoms with Gasteiger partial charge in [-0.3, -0.25) is 5.10 Å². The van der Waals surface area contributed by atoms with Gasteiger partial charge < -0.3 is 19.3 Å². The van der Waals surface area contributed by atoms with E-state index in [0.717, 1.165) is 5.39 Å². The van der Waals surface area contributed by atoms with Gasteiger partial charge in [0.2, 0.25) is 11.9 Å². The summed E-state index contributed by atoms with van der Waals surface area (Å²) >= 11 is 0. The van der Waals surface area contributed by atoms with Crippen LogP contribution in [0, 0.1) is 5.82 Å². The van der Waals surface area contributed by atoms with Gasteiger partial charge in [0, 0.05) is 37.1 Å². The second-order valence-electron chi connectivity index (χ2n) is 6.74. The van der Waals surface area contributed by atoms with Crippen molar-refractivity contribution >= 4 is 22.8 Å². The molecular weight excluding hydrogens is 365 g/mol. The fourth-order valence-corrected chi connectivity index (χ4v) is 3.48. The number of nitrogens with zero attached hydrogens (tertiary/aromatic N) is 6. The number of hydrogen-bond acceptors (Lipinski definition) is 8. The van der Waals surface area contributed by atoms with Crippen LogP contribution in [0.5, 0.6) is 0 Å². The molecule has 2 aliphatic heterocycles. The van der Waals surface area contributed by atoms with Crippen molar-refractivity contribution in [3.05, 3.63) is 24.1 Å². The van der Waals surface area contributed by atoms with Crippen molar-refractivity contribution in [2.45, 2.75) is 0 Å². The molecule has 0 unspecified atom stereocenters. The third kappa shape index (κ3) is 3.25. The lowest BCUT2D eigenvalue weighted by Gasteiger charge is -2.30.